The number of pyridine rings is 2. The number of halogens is 1. The number of rotatable bonds is 6. The van der Waals surface area contributed by atoms with Gasteiger partial charge in [-0.25, -0.2) is 9.97 Å². The molecule has 3 heterocycles. The van der Waals surface area contributed by atoms with E-state index in [-0.39, 0.29) is 29.8 Å². The molecule has 0 atom stereocenters. The van der Waals surface area contributed by atoms with Crippen LogP contribution in [-0.2, 0) is 11.3 Å². The zero-order chi connectivity index (χ0) is 23.4. The lowest BCUT2D eigenvalue weighted by atomic mass is 10.1. The van der Waals surface area contributed by atoms with Crippen LogP contribution in [0.3, 0.4) is 0 Å². The van der Waals surface area contributed by atoms with Gasteiger partial charge < -0.3 is 15.1 Å². The van der Waals surface area contributed by atoms with Crippen LogP contribution in [0.15, 0.2) is 65.5 Å². The van der Waals surface area contributed by atoms with Crippen LogP contribution in [0.5, 0.6) is 0 Å². The van der Waals surface area contributed by atoms with Gasteiger partial charge in [-0.15, -0.1) is 0 Å². The van der Waals surface area contributed by atoms with Gasteiger partial charge in [-0.3, -0.25) is 14.6 Å². The number of benzene rings is 1. The largest absolute Gasteiger partial charge is 0.435 e. The number of oxazole rings is 1. The van der Waals surface area contributed by atoms with Gasteiger partial charge in [0.2, 0.25) is 11.8 Å². The Kier molecular flexibility index (Phi) is 6.46. The summed E-state index contributed by atoms with van der Waals surface area (Å²) in [4.78, 5) is 37.3. The first-order valence-electron chi connectivity index (χ1n) is 10.1. The lowest BCUT2D eigenvalue weighted by Crippen LogP contribution is -2.23. The van der Waals surface area contributed by atoms with Crippen molar-refractivity contribution in [2.75, 3.05) is 5.32 Å². The zero-order valence-corrected chi connectivity index (χ0v) is 18.7. The number of anilines is 1. The maximum atomic E-state index is 13.1. The number of carbonyl (C=O) groups is 2. The van der Waals surface area contributed by atoms with E-state index in [4.69, 9.17) is 16.0 Å². The molecule has 0 aliphatic rings. The molecule has 0 aliphatic heterocycles. The Hall–Kier alpha value is -4.04. The first-order valence-corrected chi connectivity index (χ1v) is 10.5. The summed E-state index contributed by atoms with van der Waals surface area (Å²) in [5.74, 6) is 0.136. The highest BCUT2D eigenvalue weighted by atomic mass is 35.5. The molecule has 4 aromatic rings. The molecule has 9 heteroatoms. The molecular formula is C24H20ClN5O3. The van der Waals surface area contributed by atoms with Gasteiger partial charge in [0.25, 0.3) is 5.91 Å². The first kappa shape index (κ1) is 22.2. The Morgan fingerprint density at radius 1 is 1.09 bits per heavy atom. The SMILES string of the molecule is CC(=O)Nc1cc(-c2nc(C(=O)NCc3cccnc3)c(-c3ccccc3Cl)o2)c(C)cn1. The van der Waals surface area contributed by atoms with Crippen molar-refractivity contribution in [2.45, 2.75) is 20.4 Å². The van der Waals surface area contributed by atoms with E-state index in [1.165, 1.54) is 6.92 Å². The number of nitrogens with zero attached hydrogens (tertiary/aromatic N) is 3. The van der Waals surface area contributed by atoms with Crippen LogP contribution in [0.2, 0.25) is 5.02 Å². The molecule has 0 spiro atoms. The van der Waals surface area contributed by atoms with Crippen molar-refractivity contribution < 1.29 is 14.0 Å². The quantitative estimate of drug-likeness (QED) is 0.432. The Labute approximate surface area is 195 Å². The summed E-state index contributed by atoms with van der Waals surface area (Å²) in [6.45, 7) is 3.51. The van der Waals surface area contributed by atoms with Crippen LogP contribution in [0, 0.1) is 6.92 Å². The molecule has 0 unspecified atom stereocenters. The second-order valence-electron chi connectivity index (χ2n) is 7.29. The highest BCUT2D eigenvalue weighted by molar-refractivity contribution is 6.33. The average molecular weight is 462 g/mol. The maximum absolute atomic E-state index is 13.1. The van der Waals surface area contributed by atoms with Crippen LogP contribution in [0.1, 0.15) is 28.5 Å². The van der Waals surface area contributed by atoms with Crippen molar-refractivity contribution in [3.8, 4) is 22.8 Å². The summed E-state index contributed by atoms with van der Waals surface area (Å²) in [5.41, 5.74) is 2.84. The molecule has 2 amide bonds. The van der Waals surface area contributed by atoms with Gasteiger partial charge in [0, 0.05) is 43.2 Å². The first-order chi connectivity index (χ1) is 15.9. The third kappa shape index (κ3) is 5.07. The molecule has 0 saturated carbocycles. The number of hydrogen-bond donors (Lipinski definition) is 2. The lowest BCUT2D eigenvalue weighted by Gasteiger charge is -2.05. The summed E-state index contributed by atoms with van der Waals surface area (Å²) < 4.78 is 6.07. The van der Waals surface area contributed by atoms with Crippen LogP contribution < -0.4 is 10.6 Å². The van der Waals surface area contributed by atoms with Crippen LogP contribution in [0.4, 0.5) is 5.82 Å². The Morgan fingerprint density at radius 2 is 1.91 bits per heavy atom. The third-order valence-corrected chi connectivity index (χ3v) is 5.10. The molecule has 33 heavy (non-hydrogen) atoms. The fourth-order valence-corrected chi connectivity index (χ4v) is 3.41. The number of aryl methyl sites for hydroxylation is 1. The molecule has 0 saturated heterocycles. The van der Waals surface area contributed by atoms with Crippen LogP contribution in [0.25, 0.3) is 22.8 Å². The van der Waals surface area contributed by atoms with Gasteiger partial charge in [-0.2, -0.15) is 0 Å². The third-order valence-electron chi connectivity index (χ3n) is 4.77. The van der Waals surface area contributed by atoms with Crippen LogP contribution >= 0.6 is 11.6 Å². The van der Waals surface area contributed by atoms with E-state index in [1.807, 2.05) is 13.0 Å². The summed E-state index contributed by atoms with van der Waals surface area (Å²) in [5, 5.41) is 5.91. The average Bonchev–Trinajstić information content (AvgIpc) is 3.24. The van der Waals surface area contributed by atoms with Crippen molar-refractivity contribution in [1.29, 1.82) is 0 Å². The van der Waals surface area contributed by atoms with Crippen molar-refractivity contribution in [3.63, 3.8) is 0 Å². The molecule has 1 aromatic carbocycles. The van der Waals surface area contributed by atoms with Crippen LogP contribution in [-0.4, -0.2) is 26.8 Å². The van der Waals surface area contributed by atoms with E-state index in [0.29, 0.717) is 22.0 Å². The van der Waals surface area contributed by atoms with Crippen molar-refractivity contribution in [3.05, 3.63) is 82.9 Å². The molecule has 0 aliphatic carbocycles. The Morgan fingerprint density at radius 3 is 2.64 bits per heavy atom. The molecule has 4 rings (SSSR count). The fraction of sp³-hybridized carbons (Fsp3) is 0.125. The fourth-order valence-electron chi connectivity index (χ4n) is 3.19. The molecule has 8 nitrogen and oxygen atoms in total. The van der Waals surface area contributed by atoms with Gasteiger partial charge in [0.1, 0.15) is 5.82 Å². The van der Waals surface area contributed by atoms with E-state index < -0.39 is 5.91 Å². The molecular weight excluding hydrogens is 442 g/mol. The van der Waals surface area contributed by atoms with Crippen molar-refractivity contribution >= 4 is 29.2 Å². The molecule has 0 radical (unpaired) electrons. The topological polar surface area (TPSA) is 110 Å². The van der Waals surface area contributed by atoms with E-state index >= 15 is 0 Å². The molecule has 0 fully saturated rings. The summed E-state index contributed by atoms with van der Waals surface area (Å²) >= 11 is 6.39. The van der Waals surface area contributed by atoms with Gasteiger partial charge in [-0.1, -0.05) is 29.8 Å². The summed E-state index contributed by atoms with van der Waals surface area (Å²) in [6.07, 6.45) is 4.94. The maximum Gasteiger partial charge on any atom is 0.274 e. The lowest BCUT2D eigenvalue weighted by molar-refractivity contribution is -0.114. The predicted octanol–water partition coefficient (Wildman–Crippen LogP) is 4.65. The molecule has 3 aromatic heterocycles. The van der Waals surface area contributed by atoms with Crippen molar-refractivity contribution in [1.82, 2.24) is 20.3 Å². The minimum Gasteiger partial charge on any atom is -0.435 e. The smallest absolute Gasteiger partial charge is 0.274 e. The summed E-state index contributed by atoms with van der Waals surface area (Å²) in [7, 11) is 0. The second kappa shape index (κ2) is 9.62. The standard InChI is InChI=1S/C24H20ClN5O3/c1-14-11-27-20(29-15(2)31)10-18(14)24-30-21(22(33-24)17-7-3-4-8-19(17)25)23(32)28-13-16-6-5-9-26-12-16/h3-12H,13H2,1-2H3,(H,28,32)(H,27,29,31). The minimum atomic E-state index is -0.419. The number of hydrogen-bond acceptors (Lipinski definition) is 6. The van der Waals surface area contributed by atoms with E-state index in [9.17, 15) is 9.59 Å². The van der Waals surface area contributed by atoms with Gasteiger partial charge in [0.05, 0.1) is 5.02 Å². The van der Waals surface area contributed by atoms with E-state index in [0.717, 1.165) is 11.1 Å². The molecule has 2 N–H and O–H groups in total. The highest BCUT2D eigenvalue weighted by Crippen LogP contribution is 2.35. The second-order valence-corrected chi connectivity index (χ2v) is 7.69. The van der Waals surface area contributed by atoms with E-state index in [1.54, 1.807) is 55.0 Å². The minimum absolute atomic E-state index is 0.0966. The number of carbonyl (C=O) groups excluding carboxylic acids is 2. The van der Waals surface area contributed by atoms with Gasteiger partial charge in [-0.05, 0) is 42.3 Å². The van der Waals surface area contributed by atoms with Crippen molar-refractivity contribution in [2.24, 2.45) is 0 Å². The van der Waals surface area contributed by atoms with E-state index in [2.05, 4.69) is 25.6 Å². The normalized spacial score (nSPS) is 10.6. The predicted molar refractivity (Wildman–Crippen MR) is 125 cm³/mol. The van der Waals surface area contributed by atoms with Gasteiger partial charge in [0.15, 0.2) is 11.5 Å². The Balaban J connectivity index is 1.75. The molecule has 0 bridgehead atoms. The number of aromatic nitrogens is 3. The molecule has 166 valence electrons. The monoisotopic (exact) mass is 461 g/mol. The zero-order valence-electron chi connectivity index (χ0n) is 17.9. The highest BCUT2D eigenvalue weighted by Gasteiger charge is 2.24. The van der Waals surface area contributed by atoms with Gasteiger partial charge >= 0.3 is 0 Å². The summed E-state index contributed by atoms with van der Waals surface area (Å²) in [6, 6.07) is 12.4. The number of amides is 2. The Bertz CT molecular complexity index is 1320. The number of nitrogens with one attached hydrogen (secondary N) is 2.